The molecule has 0 atom stereocenters. The van der Waals surface area contributed by atoms with Crippen LogP contribution in [0.1, 0.15) is 21.4 Å². The van der Waals surface area contributed by atoms with Crippen molar-refractivity contribution in [3.8, 4) is 0 Å². The van der Waals surface area contributed by atoms with Gasteiger partial charge in [0.25, 0.3) is 5.89 Å². The molecule has 0 unspecified atom stereocenters. The van der Waals surface area contributed by atoms with E-state index >= 15 is 0 Å². The molecule has 0 amide bonds. The summed E-state index contributed by atoms with van der Waals surface area (Å²) < 4.78 is 10.8. The molecular weight excluding hydrogens is 335 g/mol. The number of halogens is 2. The molecule has 5 nitrogen and oxygen atoms in total. The molecule has 0 saturated heterocycles. The molecule has 0 saturated carbocycles. The van der Waals surface area contributed by atoms with Gasteiger partial charge in [0.1, 0.15) is 4.88 Å². The van der Waals surface area contributed by atoms with E-state index in [0.29, 0.717) is 20.7 Å². The molecule has 2 aromatic heterocycles. The second-order valence-corrected chi connectivity index (χ2v) is 6.06. The van der Waals surface area contributed by atoms with E-state index in [0.717, 1.165) is 10.1 Å². The van der Waals surface area contributed by atoms with Gasteiger partial charge in [0.05, 0.1) is 5.02 Å². The lowest BCUT2D eigenvalue weighted by molar-refractivity contribution is 0.0436. The van der Waals surface area contributed by atoms with Crippen molar-refractivity contribution >= 4 is 50.6 Å². The van der Waals surface area contributed by atoms with Gasteiger partial charge < -0.3 is 9.26 Å². The van der Waals surface area contributed by atoms with Crippen LogP contribution in [0.15, 0.2) is 22.7 Å². The summed E-state index contributed by atoms with van der Waals surface area (Å²) >= 11 is 13.4. The number of aryl methyl sites for hydroxylation is 1. The van der Waals surface area contributed by atoms with Crippen LogP contribution in [0.4, 0.5) is 0 Å². The van der Waals surface area contributed by atoms with Gasteiger partial charge in [-0.1, -0.05) is 34.4 Å². The van der Waals surface area contributed by atoms with Crippen molar-refractivity contribution in [1.82, 2.24) is 10.1 Å². The second-order valence-electron chi connectivity index (χ2n) is 4.20. The van der Waals surface area contributed by atoms with Gasteiger partial charge in [0, 0.05) is 15.1 Å². The average molecular weight is 343 g/mol. The monoisotopic (exact) mass is 342 g/mol. The Balaban J connectivity index is 1.82. The summed E-state index contributed by atoms with van der Waals surface area (Å²) in [7, 11) is 0. The third kappa shape index (κ3) is 2.88. The van der Waals surface area contributed by atoms with E-state index in [9.17, 15) is 4.79 Å². The number of nitrogens with zero attached hydrogens (tertiary/aromatic N) is 2. The van der Waals surface area contributed by atoms with E-state index in [2.05, 4.69) is 10.1 Å². The van der Waals surface area contributed by atoms with Gasteiger partial charge in [-0.2, -0.15) is 4.98 Å². The van der Waals surface area contributed by atoms with Crippen molar-refractivity contribution in [3.63, 3.8) is 0 Å². The minimum absolute atomic E-state index is 0.0923. The van der Waals surface area contributed by atoms with Crippen molar-refractivity contribution in [2.24, 2.45) is 0 Å². The Morgan fingerprint density at radius 3 is 2.95 bits per heavy atom. The summed E-state index contributed by atoms with van der Waals surface area (Å²) in [6.07, 6.45) is 0. The zero-order chi connectivity index (χ0) is 15.0. The molecule has 0 bridgehead atoms. The first-order valence-electron chi connectivity index (χ1n) is 5.88. The van der Waals surface area contributed by atoms with Crippen molar-refractivity contribution < 1.29 is 14.1 Å². The summed E-state index contributed by atoms with van der Waals surface area (Å²) in [6, 6.07) is 5.25. The SMILES string of the molecule is Cc1noc(COC(=O)c2sc3cc(Cl)ccc3c2Cl)n1. The van der Waals surface area contributed by atoms with Gasteiger partial charge in [-0.05, 0) is 19.1 Å². The number of fused-ring (bicyclic) bond motifs is 1. The highest BCUT2D eigenvalue weighted by atomic mass is 35.5. The number of carbonyl (C=O) groups is 1. The number of benzene rings is 1. The molecule has 3 aromatic rings. The largest absolute Gasteiger partial charge is 0.451 e. The quantitative estimate of drug-likeness (QED) is 0.665. The molecule has 21 heavy (non-hydrogen) atoms. The van der Waals surface area contributed by atoms with E-state index in [4.69, 9.17) is 32.5 Å². The third-order valence-electron chi connectivity index (χ3n) is 2.67. The molecule has 0 spiro atoms. The van der Waals surface area contributed by atoms with Crippen LogP contribution in [0.3, 0.4) is 0 Å². The Hall–Kier alpha value is -1.63. The van der Waals surface area contributed by atoms with Gasteiger partial charge in [0.15, 0.2) is 12.4 Å². The van der Waals surface area contributed by atoms with Crippen LogP contribution in [0.25, 0.3) is 10.1 Å². The summed E-state index contributed by atoms with van der Waals surface area (Å²) in [5.41, 5.74) is 0. The molecule has 8 heteroatoms. The fourth-order valence-corrected chi connectivity index (χ4v) is 3.44. The van der Waals surface area contributed by atoms with Crippen molar-refractivity contribution in [3.05, 3.63) is 44.8 Å². The van der Waals surface area contributed by atoms with Crippen LogP contribution >= 0.6 is 34.5 Å². The van der Waals surface area contributed by atoms with E-state index < -0.39 is 5.97 Å². The number of aromatic nitrogens is 2. The van der Waals surface area contributed by atoms with Gasteiger partial charge in [-0.3, -0.25) is 0 Å². The van der Waals surface area contributed by atoms with Crippen molar-refractivity contribution in [1.29, 1.82) is 0 Å². The molecular formula is C13H8Cl2N2O3S. The standard InChI is InChI=1S/C13H8Cl2N2O3S/c1-6-16-10(20-17-6)5-19-13(18)12-11(15)8-3-2-7(14)4-9(8)21-12/h2-4H,5H2,1H3. The molecule has 2 heterocycles. The summed E-state index contributed by atoms with van der Waals surface area (Å²) in [5, 5.41) is 5.33. The van der Waals surface area contributed by atoms with Crippen LogP contribution in [0, 0.1) is 6.92 Å². The Morgan fingerprint density at radius 2 is 2.24 bits per heavy atom. The molecule has 0 aliphatic rings. The second kappa shape index (κ2) is 5.63. The predicted octanol–water partition coefficient (Wildman–Crippen LogP) is 4.26. The highest BCUT2D eigenvalue weighted by molar-refractivity contribution is 7.21. The zero-order valence-corrected chi connectivity index (χ0v) is 13.1. The van der Waals surface area contributed by atoms with Crippen molar-refractivity contribution in [2.75, 3.05) is 0 Å². The predicted molar refractivity (Wildman–Crippen MR) is 80.0 cm³/mol. The Bertz CT molecular complexity index is 828. The molecule has 0 radical (unpaired) electrons. The van der Waals surface area contributed by atoms with Crippen LogP contribution in [0.5, 0.6) is 0 Å². The van der Waals surface area contributed by atoms with Crippen LogP contribution < -0.4 is 0 Å². The molecule has 3 rings (SSSR count). The fraction of sp³-hybridized carbons (Fsp3) is 0.154. The number of ether oxygens (including phenoxy) is 1. The maximum absolute atomic E-state index is 12.1. The van der Waals surface area contributed by atoms with Gasteiger partial charge in [-0.25, -0.2) is 4.79 Å². The van der Waals surface area contributed by atoms with Crippen LogP contribution in [-0.4, -0.2) is 16.1 Å². The molecule has 1 aromatic carbocycles. The number of esters is 1. The summed E-state index contributed by atoms with van der Waals surface area (Å²) in [5.74, 6) is 0.185. The lowest BCUT2D eigenvalue weighted by Gasteiger charge is -1.99. The minimum Gasteiger partial charge on any atom is -0.451 e. The lowest BCUT2D eigenvalue weighted by Crippen LogP contribution is -2.04. The number of thiophene rings is 1. The smallest absolute Gasteiger partial charge is 0.350 e. The molecule has 0 fully saturated rings. The molecule has 0 aliphatic carbocycles. The average Bonchev–Trinajstić information content (AvgIpc) is 3.00. The third-order valence-corrected chi connectivity index (χ3v) is 4.55. The zero-order valence-electron chi connectivity index (χ0n) is 10.7. The van der Waals surface area contributed by atoms with Gasteiger partial charge in [-0.15, -0.1) is 11.3 Å². The topological polar surface area (TPSA) is 65.2 Å². The highest BCUT2D eigenvalue weighted by Crippen LogP contribution is 2.37. The highest BCUT2D eigenvalue weighted by Gasteiger charge is 2.19. The van der Waals surface area contributed by atoms with E-state index in [1.807, 2.05) is 0 Å². The molecule has 108 valence electrons. The Labute approximate surface area is 133 Å². The van der Waals surface area contributed by atoms with E-state index in [1.54, 1.807) is 25.1 Å². The summed E-state index contributed by atoms with van der Waals surface area (Å²) in [4.78, 5) is 16.4. The fourth-order valence-electron chi connectivity index (χ4n) is 1.76. The first kappa shape index (κ1) is 14.3. The van der Waals surface area contributed by atoms with Crippen molar-refractivity contribution in [2.45, 2.75) is 13.5 Å². The number of carbonyl (C=O) groups excluding carboxylic acids is 1. The minimum atomic E-state index is -0.534. The maximum atomic E-state index is 12.1. The molecule has 0 N–H and O–H groups in total. The Morgan fingerprint density at radius 1 is 1.43 bits per heavy atom. The Kier molecular flexibility index (Phi) is 3.84. The number of hydrogen-bond acceptors (Lipinski definition) is 6. The van der Waals surface area contributed by atoms with Gasteiger partial charge >= 0.3 is 5.97 Å². The number of rotatable bonds is 3. The first-order valence-corrected chi connectivity index (χ1v) is 7.45. The first-order chi connectivity index (χ1) is 10.0. The number of hydrogen-bond donors (Lipinski definition) is 0. The maximum Gasteiger partial charge on any atom is 0.350 e. The molecule has 0 aliphatic heterocycles. The van der Waals surface area contributed by atoms with Crippen LogP contribution in [0.2, 0.25) is 10.0 Å². The van der Waals surface area contributed by atoms with E-state index in [-0.39, 0.29) is 12.5 Å². The van der Waals surface area contributed by atoms with E-state index in [1.165, 1.54) is 11.3 Å². The normalized spacial score (nSPS) is 11.0. The lowest BCUT2D eigenvalue weighted by atomic mass is 10.2. The van der Waals surface area contributed by atoms with Crippen LogP contribution in [-0.2, 0) is 11.3 Å². The van der Waals surface area contributed by atoms with Gasteiger partial charge in [0.2, 0.25) is 0 Å². The summed E-state index contributed by atoms with van der Waals surface area (Å²) in [6.45, 7) is 1.59.